The van der Waals surface area contributed by atoms with Crippen LogP contribution in [0, 0.1) is 5.92 Å². The molecule has 2 aromatic heterocycles. The third kappa shape index (κ3) is 3.27. The molecular weight excluding hydrogens is 312 g/mol. The first-order valence-corrected chi connectivity index (χ1v) is 8.82. The number of hydrogen-bond donors (Lipinski definition) is 1. The van der Waals surface area contributed by atoms with Crippen LogP contribution in [-0.2, 0) is 18.3 Å². The normalized spacial score (nSPS) is 19.1. The highest BCUT2D eigenvalue weighted by atomic mass is 16.2. The Bertz CT molecular complexity index is 887. The van der Waals surface area contributed by atoms with Crippen LogP contribution in [0.25, 0.3) is 11.0 Å². The van der Waals surface area contributed by atoms with Gasteiger partial charge in [0, 0.05) is 38.3 Å². The molecule has 25 heavy (non-hydrogen) atoms. The number of para-hydroxylation sites is 2. The number of aryl methyl sites for hydroxylation is 2. The summed E-state index contributed by atoms with van der Waals surface area (Å²) < 4.78 is 2.14. The second kappa shape index (κ2) is 6.67. The fourth-order valence-corrected chi connectivity index (χ4v) is 3.46. The maximum atomic E-state index is 12.3. The molecule has 1 aliphatic carbocycles. The molecule has 128 valence electrons. The Kier molecular flexibility index (Phi) is 4.22. The predicted octanol–water partition coefficient (Wildman–Crippen LogP) is 2.82. The average molecular weight is 334 g/mol. The van der Waals surface area contributed by atoms with Crippen LogP contribution < -0.4 is 5.32 Å². The van der Waals surface area contributed by atoms with E-state index in [4.69, 9.17) is 0 Å². The Morgan fingerprint density at radius 3 is 2.96 bits per heavy atom. The maximum Gasteiger partial charge on any atom is 0.223 e. The molecule has 1 N–H and O–H groups in total. The van der Waals surface area contributed by atoms with Gasteiger partial charge in [-0.3, -0.25) is 9.78 Å². The lowest BCUT2D eigenvalue weighted by Gasteiger charge is -2.05. The van der Waals surface area contributed by atoms with Crippen molar-refractivity contribution in [1.82, 2.24) is 19.9 Å². The summed E-state index contributed by atoms with van der Waals surface area (Å²) in [6.07, 6.45) is 6.32. The third-order valence-electron chi connectivity index (χ3n) is 5.00. The monoisotopic (exact) mass is 334 g/mol. The largest absolute Gasteiger partial charge is 0.356 e. The van der Waals surface area contributed by atoms with E-state index in [1.54, 1.807) is 6.20 Å². The zero-order valence-electron chi connectivity index (χ0n) is 14.4. The van der Waals surface area contributed by atoms with E-state index < -0.39 is 0 Å². The summed E-state index contributed by atoms with van der Waals surface area (Å²) in [5, 5.41) is 3.07. The average Bonchev–Trinajstić information content (AvgIpc) is 3.39. The van der Waals surface area contributed by atoms with E-state index in [0.717, 1.165) is 36.1 Å². The van der Waals surface area contributed by atoms with Gasteiger partial charge in [0.25, 0.3) is 0 Å². The molecule has 1 fully saturated rings. The van der Waals surface area contributed by atoms with Crippen LogP contribution in [0.5, 0.6) is 0 Å². The summed E-state index contributed by atoms with van der Waals surface area (Å²) in [6, 6.07) is 12.1. The van der Waals surface area contributed by atoms with Crippen molar-refractivity contribution in [2.75, 3.05) is 6.54 Å². The van der Waals surface area contributed by atoms with Gasteiger partial charge in [-0.05, 0) is 42.5 Å². The quantitative estimate of drug-likeness (QED) is 0.705. The van der Waals surface area contributed by atoms with Gasteiger partial charge in [-0.15, -0.1) is 0 Å². The topological polar surface area (TPSA) is 59.8 Å². The molecule has 1 aliphatic rings. The predicted molar refractivity (Wildman–Crippen MR) is 97.1 cm³/mol. The summed E-state index contributed by atoms with van der Waals surface area (Å²) in [5.74, 6) is 1.68. The number of imidazole rings is 1. The molecule has 3 aromatic rings. The van der Waals surface area contributed by atoms with E-state index >= 15 is 0 Å². The first-order valence-electron chi connectivity index (χ1n) is 8.82. The van der Waals surface area contributed by atoms with Gasteiger partial charge in [0.2, 0.25) is 5.91 Å². The van der Waals surface area contributed by atoms with Gasteiger partial charge >= 0.3 is 0 Å². The maximum absolute atomic E-state index is 12.3. The zero-order valence-corrected chi connectivity index (χ0v) is 14.4. The second-order valence-electron chi connectivity index (χ2n) is 6.71. The lowest BCUT2D eigenvalue weighted by Crippen LogP contribution is -2.26. The van der Waals surface area contributed by atoms with E-state index in [2.05, 4.69) is 32.0 Å². The van der Waals surface area contributed by atoms with Crippen molar-refractivity contribution >= 4 is 16.9 Å². The molecule has 2 atom stereocenters. The van der Waals surface area contributed by atoms with E-state index in [0.29, 0.717) is 12.5 Å². The van der Waals surface area contributed by atoms with Gasteiger partial charge < -0.3 is 9.88 Å². The number of benzene rings is 1. The first-order chi connectivity index (χ1) is 12.2. The van der Waals surface area contributed by atoms with Crippen LogP contribution in [0.3, 0.4) is 0 Å². The van der Waals surface area contributed by atoms with Gasteiger partial charge in [0.15, 0.2) is 0 Å². The molecule has 4 rings (SSSR count). The minimum atomic E-state index is 0.111. The Labute approximate surface area is 147 Å². The number of nitrogens with zero attached hydrogens (tertiary/aromatic N) is 3. The molecule has 0 bridgehead atoms. The van der Waals surface area contributed by atoms with Gasteiger partial charge in [0.05, 0.1) is 11.0 Å². The fourth-order valence-electron chi connectivity index (χ4n) is 3.46. The standard InChI is InChI=1S/C20H22N4O/c1-24-18-8-3-2-7-17(18)23-19(24)9-5-11-22-20(25)16-12-15(16)14-6-4-10-21-13-14/h2-4,6-8,10,13,15-16H,5,9,11-12H2,1H3,(H,22,25)/t15-,16-/m0/s1. The highest BCUT2D eigenvalue weighted by Crippen LogP contribution is 2.47. The summed E-state index contributed by atoms with van der Waals surface area (Å²) in [7, 11) is 2.05. The highest BCUT2D eigenvalue weighted by molar-refractivity contribution is 5.82. The van der Waals surface area contributed by atoms with E-state index in [-0.39, 0.29) is 11.8 Å². The van der Waals surface area contributed by atoms with Gasteiger partial charge in [-0.2, -0.15) is 0 Å². The zero-order chi connectivity index (χ0) is 17.2. The molecule has 2 heterocycles. The van der Waals surface area contributed by atoms with Crippen LogP contribution in [0.15, 0.2) is 48.8 Å². The third-order valence-corrected chi connectivity index (χ3v) is 5.00. The lowest BCUT2D eigenvalue weighted by atomic mass is 10.1. The molecular formula is C20H22N4O. The Morgan fingerprint density at radius 1 is 1.28 bits per heavy atom. The SMILES string of the molecule is Cn1c(CCCNC(=O)[C@H]2C[C@H]2c2cccnc2)nc2ccccc21. The van der Waals surface area contributed by atoms with E-state index in [9.17, 15) is 4.79 Å². The molecule has 5 nitrogen and oxygen atoms in total. The summed E-state index contributed by atoms with van der Waals surface area (Å²) >= 11 is 0. The van der Waals surface area contributed by atoms with Crippen molar-refractivity contribution in [2.24, 2.45) is 13.0 Å². The van der Waals surface area contributed by atoms with Crippen molar-refractivity contribution in [2.45, 2.75) is 25.2 Å². The smallest absolute Gasteiger partial charge is 0.223 e. The summed E-state index contributed by atoms with van der Waals surface area (Å²) in [5.41, 5.74) is 3.35. The molecule has 0 spiro atoms. The first kappa shape index (κ1) is 15.8. The number of rotatable bonds is 6. The number of carbonyl (C=O) groups excluding carboxylic acids is 1. The van der Waals surface area contributed by atoms with Gasteiger partial charge in [0.1, 0.15) is 5.82 Å². The molecule has 1 amide bonds. The van der Waals surface area contributed by atoms with Crippen molar-refractivity contribution < 1.29 is 4.79 Å². The van der Waals surface area contributed by atoms with E-state index in [1.165, 1.54) is 5.56 Å². The van der Waals surface area contributed by atoms with Crippen LogP contribution in [-0.4, -0.2) is 27.0 Å². The summed E-state index contributed by atoms with van der Waals surface area (Å²) in [6.45, 7) is 0.693. The number of pyridine rings is 1. The second-order valence-corrected chi connectivity index (χ2v) is 6.71. The number of nitrogens with one attached hydrogen (secondary N) is 1. The van der Waals surface area contributed by atoms with Crippen molar-refractivity contribution in [3.05, 3.63) is 60.2 Å². The fraction of sp³-hybridized carbons (Fsp3) is 0.350. The lowest BCUT2D eigenvalue weighted by molar-refractivity contribution is -0.122. The van der Waals surface area contributed by atoms with Crippen molar-refractivity contribution in [3.8, 4) is 0 Å². The van der Waals surface area contributed by atoms with Crippen molar-refractivity contribution in [1.29, 1.82) is 0 Å². The minimum absolute atomic E-state index is 0.111. The molecule has 1 saturated carbocycles. The van der Waals surface area contributed by atoms with Crippen molar-refractivity contribution in [3.63, 3.8) is 0 Å². The van der Waals surface area contributed by atoms with E-state index in [1.807, 2.05) is 37.5 Å². The molecule has 0 saturated heterocycles. The van der Waals surface area contributed by atoms with Gasteiger partial charge in [-0.1, -0.05) is 18.2 Å². The molecule has 5 heteroatoms. The molecule has 0 unspecified atom stereocenters. The Morgan fingerprint density at radius 2 is 2.16 bits per heavy atom. The number of amides is 1. The van der Waals surface area contributed by atoms with Crippen LogP contribution in [0.1, 0.15) is 30.1 Å². The van der Waals surface area contributed by atoms with Gasteiger partial charge in [-0.25, -0.2) is 4.98 Å². The number of carbonyl (C=O) groups is 1. The minimum Gasteiger partial charge on any atom is -0.356 e. The molecule has 0 aliphatic heterocycles. The number of aromatic nitrogens is 3. The molecule has 0 radical (unpaired) electrons. The number of hydrogen-bond acceptors (Lipinski definition) is 3. The number of fused-ring (bicyclic) bond motifs is 1. The summed E-state index contributed by atoms with van der Waals surface area (Å²) in [4.78, 5) is 21.1. The van der Waals surface area contributed by atoms with Crippen LogP contribution in [0.4, 0.5) is 0 Å². The molecule has 1 aromatic carbocycles. The Balaban J connectivity index is 1.26. The Hall–Kier alpha value is -2.69. The van der Waals surface area contributed by atoms with Crippen LogP contribution >= 0.6 is 0 Å². The van der Waals surface area contributed by atoms with Crippen LogP contribution in [0.2, 0.25) is 0 Å². The highest BCUT2D eigenvalue weighted by Gasteiger charge is 2.43.